The van der Waals surface area contributed by atoms with Crippen LogP contribution in [0.25, 0.3) is 0 Å². The summed E-state index contributed by atoms with van der Waals surface area (Å²) < 4.78 is 60.2. The molecular weight excluding hydrogens is 566 g/mol. The standard InChI is InChI=1S/C22H17ClF2N6O5S2/c1-11-8-17(30-29-11)26-21-19(36-2)20(23)27-22(28-21)37-16-7-6-13(9-14(16)24)38(34,35)10-12-4-3-5-15(18(12)25)31(32)33/h3-9H,10H2,1-2H3,(H2,26,27,28,29,30). The second kappa shape index (κ2) is 10.9. The zero-order chi connectivity index (χ0) is 27.6. The van der Waals surface area contributed by atoms with Crippen LogP contribution in [-0.4, -0.2) is 40.6 Å². The van der Waals surface area contributed by atoms with E-state index in [1.807, 2.05) is 0 Å². The monoisotopic (exact) mass is 582 g/mol. The lowest BCUT2D eigenvalue weighted by atomic mass is 10.2. The Morgan fingerprint density at radius 3 is 2.61 bits per heavy atom. The van der Waals surface area contributed by atoms with Gasteiger partial charge in [0.1, 0.15) is 5.82 Å². The summed E-state index contributed by atoms with van der Waals surface area (Å²) in [6, 6.07) is 8.00. The lowest BCUT2D eigenvalue weighted by Gasteiger charge is -2.12. The van der Waals surface area contributed by atoms with Gasteiger partial charge in [-0.15, -0.1) is 0 Å². The number of hydrogen-bond donors (Lipinski definition) is 2. The number of anilines is 2. The maximum atomic E-state index is 15.0. The lowest BCUT2D eigenvalue weighted by Crippen LogP contribution is -2.08. The van der Waals surface area contributed by atoms with Crippen LogP contribution < -0.4 is 10.1 Å². The summed E-state index contributed by atoms with van der Waals surface area (Å²) in [5.74, 6) is -2.36. The van der Waals surface area contributed by atoms with Crippen molar-refractivity contribution in [3.8, 4) is 5.75 Å². The number of nitrogens with one attached hydrogen (secondary N) is 2. The summed E-state index contributed by atoms with van der Waals surface area (Å²) in [4.78, 5) is 17.9. The highest BCUT2D eigenvalue weighted by Gasteiger charge is 2.24. The number of aryl methyl sites for hydroxylation is 1. The minimum absolute atomic E-state index is 0.0201. The van der Waals surface area contributed by atoms with Crippen LogP contribution in [0, 0.1) is 28.7 Å². The molecule has 2 N–H and O–H groups in total. The Morgan fingerprint density at radius 2 is 1.97 bits per heavy atom. The SMILES string of the molecule is COc1c(Cl)nc(Sc2ccc(S(=O)(=O)Cc3cccc([N+](=O)[O-])c3F)cc2F)nc1Nc1cc(C)[nH]n1. The molecule has 0 unspecified atom stereocenters. The van der Waals surface area contributed by atoms with E-state index in [0.717, 1.165) is 41.7 Å². The maximum absolute atomic E-state index is 15.0. The Balaban J connectivity index is 1.59. The van der Waals surface area contributed by atoms with Crippen LogP contribution in [0.5, 0.6) is 5.75 Å². The van der Waals surface area contributed by atoms with Gasteiger partial charge in [0.25, 0.3) is 0 Å². The van der Waals surface area contributed by atoms with Gasteiger partial charge in [-0.05, 0) is 36.9 Å². The molecule has 2 aromatic heterocycles. The number of nitro benzene ring substituents is 1. The number of ether oxygens (including phenoxy) is 1. The molecule has 2 heterocycles. The number of aromatic nitrogens is 4. The number of methoxy groups -OCH3 is 1. The van der Waals surface area contributed by atoms with Gasteiger partial charge in [-0.1, -0.05) is 23.7 Å². The van der Waals surface area contributed by atoms with Gasteiger partial charge in [0.15, 0.2) is 37.5 Å². The number of rotatable bonds is 9. The Bertz CT molecular complexity index is 1650. The fourth-order valence-corrected chi connectivity index (χ4v) is 5.70. The van der Waals surface area contributed by atoms with E-state index in [4.69, 9.17) is 16.3 Å². The molecule has 0 spiro atoms. The molecule has 11 nitrogen and oxygen atoms in total. The van der Waals surface area contributed by atoms with Crippen LogP contribution in [-0.2, 0) is 15.6 Å². The van der Waals surface area contributed by atoms with Crippen molar-refractivity contribution in [1.29, 1.82) is 0 Å². The van der Waals surface area contributed by atoms with E-state index in [9.17, 15) is 27.3 Å². The van der Waals surface area contributed by atoms with Crippen molar-refractivity contribution in [3.05, 3.63) is 80.6 Å². The van der Waals surface area contributed by atoms with E-state index in [1.54, 1.807) is 13.0 Å². The molecule has 0 atom stereocenters. The Labute approximate surface area is 223 Å². The average Bonchev–Trinajstić information content (AvgIpc) is 3.25. The molecule has 0 saturated carbocycles. The van der Waals surface area contributed by atoms with Crippen molar-refractivity contribution in [1.82, 2.24) is 20.2 Å². The summed E-state index contributed by atoms with van der Waals surface area (Å²) in [5, 5.41) is 20.7. The minimum atomic E-state index is -4.25. The molecule has 38 heavy (non-hydrogen) atoms. The maximum Gasteiger partial charge on any atom is 0.305 e. The van der Waals surface area contributed by atoms with Crippen LogP contribution in [0.4, 0.5) is 26.1 Å². The van der Waals surface area contributed by atoms with Crippen molar-refractivity contribution in [2.75, 3.05) is 12.4 Å². The zero-order valence-corrected chi connectivity index (χ0v) is 21.9. The molecular formula is C22H17ClF2N6O5S2. The van der Waals surface area contributed by atoms with Crippen molar-refractivity contribution in [2.24, 2.45) is 0 Å². The van der Waals surface area contributed by atoms with Crippen molar-refractivity contribution >= 4 is 50.5 Å². The Kier molecular flexibility index (Phi) is 7.80. The molecule has 4 aromatic rings. The van der Waals surface area contributed by atoms with Gasteiger partial charge in [-0.25, -0.2) is 22.8 Å². The quantitative estimate of drug-likeness (QED) is 0.116. The number of aromatic amines is 1. The van der Waals surface area contributed by atoms with E-state index < -0.39 is 48.3 Å². The minimum Gasteiger partial charge on any atom is -0.490 e. The topological polar surface area (TPSA) is 153 Å². The number of halogens is 3. The van der Waals surface area contributed by atoms with Gasteiger partial charge < -0.3 is 10.1 Å². The molecule has 0 aliphatic heterocycles. The van der Waals surface area contributed by atoms with E-state index in [2.05, 4.69) is 25.5 Å². The predicted molar refractivity (Wildman–Crippen MR) is 135 cm³/mol. The third kappa shape index (κ3) is 5.84. The van der Waals surface area contributed by atoms with Gasteiger partial charge in [-0.2, -0.15) is 9.49 Å². The van der Waals surface area contributed by atoms with Crippen molar-refractivity contribution < 1.29 is 26.9 Å². The Hall–Kier alpha value is -3.82. The first-order valence-electron chi connectivity index (χ1n) is 10.5. The molecule has 0 saturated heterocycles. The van der Waals surface area contributed by atoms with E-state index >= 15 is 0 Å². The molecule has 0 amide bonds. The summed E-state index contributed by atoms with van der Waals surface area (Å²) in [6.07, 6.45) is 0. The number of hydrogen-bond acceptors (Lipinski definition) is 10. The van der Waals surface area contributed by atoms with Gasteiger partial charge in [0.2, 0.25) is 5.82 Å². The fourth-order valence-electron chi connectivity index (χ4n) is 3.28. The molecule has 4 rings (SSSR count). The van der Waals surface area contributed by atoms with E-state index in [1.165, 1.54) is 19.2 Å². The van der Waals surface area contributed by atoms with Crippen LogP contribution in [0.2, 0.25) is 5.15 Å². The van der Waals surface area contributed by atoms with Crippen molar-refractivity contribution in [3.63, 3.8) is 0 Å². The smallest absolute Gasteiger partial charge is 0.305 e. The number of nitro groups is 1. The van der Waals surface area contributed by atoms with Crippen LogP contribution in [0.3, 0.4) is 0 Å². The average molecular weight is 583 g/mol. The van der Waals surface area contributed by atoms with Crippen LogP contribution in [0.1, 0.15) is 11.3 Å². The third-order valence-electron chi connectivity index (χ3n) is 5.02. The number of H-pyrrole nitrogens is 1. The first kappa shape index (κ1) is 27.2. The van der Waals surface area contributed by atoms with Gasteiger partial charge in [0.05, 0.1) is 27.6 Å². The van der Waals surface area contributed by atoms with E-state index in [0.29, 0.717) is 5.82 Å². The second-order valence-electron chi connectivity index (χ2n) is 7.70. The molecule has 16 heteroatoms. The van der Waals surface area contributed by atoms with Gasteiger partial charge in [-0.3, -0.25) is 15.2 Å². The van der Waals surface area contributed by atoms with Crippen molar-refractivity contribution in [2.45, 2.75) is 27.6 Å². The Morgan fingerprint density at radius 1 is 1.21 bits per heavy atom. The number of nitrogens with zero attached hydrogens (tertiary/aromatic N) is 4. The molecule has 2 aromatic carbocycles. The number of sulfone groups is 1. The normalized spacial score (nSPS) is 11.4. The molecule has 0 radical (unpaired) electrons. The molecule has 0 aliphatic rings. The highest BCUT2D eigenvalue weighted by atomic mass is 35.5. The number of benzene rings is 2. The summed E-state index contributed by atoms with van der Waals surface area (Å²) >= 11 is 6.99. The van der Waals surface area contributed by atoms with Crippen LogP contribution in [0.15, 0.2) is 57.4 Å². The second-order valence-corrected chi connectivity index (χ2v) is 11.1. The highest BCUT2D eigenvalue weighted by molar-refractivity contribution is 7.99. The highest BCUT2D eigenvalue weighted by Crippen LogP contribution is 2.37. The fraction of sp³-hybridized carbons (Fsp3) is 0.136. The third-order valence-corrected chi connectivity index (χ3v) is 7.86. The van der Waals surface area contributed by atoms with Gasteiger partial charge >= 0.3 is 5.69 Å². The van der Waals surface area contributed by atoms with Crippen LogP contribution >= 0.6 is 23.4 Å². The zero-order valence-electron chi connectivity index (χ0n) is 19.5. The molecule has 198 valence electrons. The molecule has 0 fully saturated rings. The van der Waals surface area contributed by atoms with Gasteiger partial charge in [0, 0.05) is 23.4 Å². The summed E-state index contributed by atoms with van der Waals surface area (Å²) in [7, 11) is -2.87. The largest absolute Gasteiger partial charge is 0.490 e. The lowest BCUT2D eigenvalue weighted by molar-refractivity contribution is -0.387. The summed E-state index contributed by atoms with van der Waals surface area (Å²) in [5.41, 5.74) is -0.483. The predicted octanol–water partition coefficient (Wildman–Crippen LogP) is 5.23. The molecule has 0 aliphatic carbocycles. The summed E-state index contributed by atoms with van der Waals surface area (Å²) in [6.45, 7) is 1.80. The molecule has 0 bridgehead atoms. The van der Waals surface area contributed by atoms with E-state index in [-0.39, 0.29) is 26.8 Å². The first-order chi connectivity index (χ1) is 18.0. The first-order valence-corrected chi connectivity index (χ1v) is 13.4.